The molecule has 0 aromatic heterocycles. The number of hydrogen-bond donors (Lipinski definition) is 0. The van der Waals surface area contributed by atoms with E-state index in [1.165, 1.54) is 44.5 Å². The molecule has 3 nitrogen and oxygen atoms in total. The van der Waals surface area contributed by atoms with Crippen molar-refractivity contribution in [3.63, 3.8) is 0 Å². The van der Waals surface area contributed by atoms with Gasteiger partial charge in [-0.2, -0.15) is 0 Å². The van der Waals surface area contributed by atoms with E-state index in [0.717, 1.165) is 3.92 Å². The summed E-state index contributed by atoms with van der Waals surface area (Å²) in [4.78, 5) is 2.39. The van der Waals surface area contributed by atoms with Gasteiger partial charge in [-0.25, -0.2) is 0 Å². The van der Waals surface area contributed by atoms with E-state index in [1.54, 1.807) is 12.1 Å². The summed E-state index contributed by atoms with van der Waals surface area (Å²) in [6.45, 7) is 1.17. The van der Waals surface area contributed by atoms with Crippen LogP contribution in [0.1, 0.15) is 32.1 Å². The third-order valence-electron chi connectivity index (χ3n) is 2.98. The van der Waals surface area contributed by atoms with Crippen molar-refractivity contribution < 1.29 is 21.2 Å². The molecule has 1 saturated heterocycles. The van der Waals surface area contributed by atoms with Crippen molar-refractivity contribution in [2.24, 2.45) is 4.40 Å². The Kier molecular flexibility index (Phi) is 4.57. The van der Waals surface area contributed by atoms with Gasteiger partial charge in [0, 0.05) is 0 Å². The molecule has 1 unspecified atom stereocenters. The van der Waals surface area contributed by atoms with Crippen LogP contribution in [0.15, 0.2) is 4.40 Å². The summed E-state index contributed by atoms with van der Waals surface area (Å²) >= 11 is 1.89. The fourth-order valence-corrected chi connectivity index (χ4v) is 5.03. The Bertz CT molecular complexity index is 247. The van der Waals surface area contributed by atoms with Gasteiger partial charge in [-0.1, -0.05) is 0 Å². The number of fused-ring (bicyclic) bond motifs is 1. The predicted molar refractivity (Wildman–Crippen MR) is 62.3 cm³/mol. The summed E-state index contributed by atoms with van der Waals surface area (Å²) in [6.07, 6.45) is 6.89. The van der Waals surface area contributed by atoms with E-state index in [4.69, 9.17) is 0 Å². The summed E-state index contributed by atoms with van der Waals surface area (Å²) in [5.41, 5.74) is 0. The molecular formula is C10H19IN3S-. The van der Waals surface area contributed by atoms with Crippen LogP contribution in [0.25, 0.3) is 0 Å². The van der Waals surface area contributed by atoms with Crippen LogP contribution in [0.5, 0.6) is 0 Å². The second kappa shape index (κ2) is 5.72. The fraction of sp³-hybridized carbons (Fsp3) is 0.900. The Hall–Kier alpha value is 0.510. The zero-order valence-electron chi connectivity index (χ0n) is 9.45. The maximum atomic E-state index is 4.65. The van der Waals surface area contributed by atoms with E-state index in [2.05, 4.69) is 25.8 Å². The van der Waals surface area contributed by atoms with E-state index >= 15 is 0 Å². The van der Waals surface area contributed by atoms with Gasteiger partial charge in [-0.05, 0) is 0 Å². The molecule has 0 N–H and O–H groups in total. The molecule has 88 valence electrons. The van der Waals surface area contributed by atoms with E-state index in [-0.39, 0.29) is 21.2 Å². The standard InChI is InChI=1S/C10H19IN3S/c1-11-9-7-5-3-4-6-8-14-10(9)12-15-13(14)2/h9H,3-8H2,1-2H3/q-1. The van der Waals surface area contributed by atoms with Crippen LogP contribution in [-0.4, -0.2) is 37.7 Å². The van der Waals surface area contributed by atoms with Gasteiger partial charge in [-0.15, -0.1) is 0 Å². The number of halogens is 1. The second-order valence-corrected chi connectivity index (χ2v) is 7.63. The quantitative estimate of drug-likeness (QED) is 0.353. The summed E-state index contributed by atoms with van der Waals surface area (Å²) in [5, 5.41) is 2.41. The Morgan fingerprint density at radius 1 is 1.33 bits per heavy atom. The van der Waals surface area contributed by atoms with E-state index in [9.17, 15) is 0 Å². The first-order valence-corrected chi connectivity index (χ1v) is 9.70. The topological polar surface area (TPSA) is 18.8 Å². The molecule has 0 aromatic rings. The molecule has 2 rings (SSSR count). The summed E-state index contributed by atoms with van der Waals surface area (Å²) in [7, 11) is 2.13. The summed E-state index contributed by atoms with van der Waals surface area (Å²) in [6, 6.07) is 0. The normalized spacial score (nSPS) is 29.3. The first kappa shape index (κ1) is 12.0. The first-order valence-electron chi connectivity index (χ1n) is 5.57. The average Bonchev–Trinajstić information content (AvgIpc) is 2.63. The summed E-state index contributed by atoms with van der Waals surface area (Å²) in [5.74, 6) is 1.37. The minimum atomic E-state index is 0.279. The van der Waals surface area contributed by atoms with Crippen molar-refractivity contribution in [3.05, 3.63) is 0 Å². The van der Waals surface area contributed by atoms with Crippen molar-refractivity contribution in [2.45, 2.75) is 36.0 Å². The molecule has 5 heteroatoms. The molecule has 0 spiro atoms. The van der Waals surface area contributed by atoms with Crippen LogP contribution < -0.4 is 21.2 Å². The molecule has 2 aliphatic rings. The van der Waals surface area contributed by atoms with E-state index in [1.807, 2.05) is 0 Å². The summed E-state index contributed by atoms with van der Waals surface area (Å²) < 4.78 is 7.64. The van der Waals surface area contributed by atoms with E-state index in [0.29, 0.717) is 0 Å². The van der Waals surface area contributed by atoms with Crippen LogP contribution in [0.3, 0.4) is 0 Å². The molecular weight excluding hydrogens is 321 g/mol. The van der Waals surface area contributed by atoms with Crippen molar-refractivity contribution in [1.82, 2.24) is 9.42 Å². The third-order valence-corrected chi connectivity index (χ3v) is 6.36. The van der Waals surface area contributed by atoms with Crippen molar-refractivity contribution in [3.8, 4) is 0 Å². The van der Waals surface area contributed by atoms with Crippen molar-refractivity contribution >= 4 is 18.0 Å². The molecule has 2 heterocycles. The fourth-order valence-electron chi connectivity index (χ4n) is 2.09. The molecule has 15 heavy (non-hydrogen) atoms. The van der Waals surface area contributed by atoms with Crippen molar-refractivity contribution in [1.29, 1.82) is 0 Å². The number of rotatable bonds is 1. The zero-order chi connectivity index (χ0) is 10.7. The minimum absolute atomic E-state index is 0.279. The van der Waals surface area contributed by atoms with Gasteiger partial charge in [0.1, 0.15) is 0 Å². The van der Waals surface area contributed by atoms with Crippen LogP contribution in [0.4, 0.5) is 0 Å². The number of alkyl halides is 2. The van der Waals surface area contributed by atoms with Crippen molar-refractivity contribution in [2.75, 3.05) is 18.5 Å². The first-order chi connectivity index (χ1) is 7.33. The van der Waals surface area contributed by atoms with Gasteiger partial charge < -0.3 is 0 Å². The average molecular weight is 340 g/mol. The monoisotopic (exact) mass is 340 g/mol. The van der Waals surface area contributed by atoms with Crippen LogP contribution in [0, 0.1) is 0 Å². The Labute approximate surface area is 107 Å². The molecule has 0 aliphatic carbocycles. The second-order valence-electron chi connectivity index (χ2n) is 4.01. The molecule has 1 atom stereocenters. The SMILES string of the molecule is C[I-]C1CCCCCCN2C1=NSN2C. The number of hydrazine groups is 1. The van der Waals surface area contributed by atoms with Gasteiger partial charge in [0.25, 0.3) is 0 Å². The van der Waals surface area contributed by atoms with Crippen LogP contribution >= 0.6 is 12.1 Å². The molecule has 2 aliphatic heterocycles. The Morgan fingerprint density at radius 3 is 2.93 bits per heavy atom. The molecule has 0 aromatic carbocycles. The molecule has 0 radical (unpaired) electrons. The van der Waals surface area contributed by atoms with Gasteiger partial charge in [-0.3, -0.25) is 0 Å². The van der Waals surface area contributed by atoms with Crippen LogP contribution in [-0.2, 0) is 0 Å². The zero-order valence-corrected chi connectivity index (χ0v) is 12.4. The number of hydrogen-bond acceptors (Lipinski definition) is 4. The predicted octanol–water partition coefficient (Wildman–Crippen LogP) is -0.838. The van der Waals surface area contributed by atoms with Crippen LogP contribution in [0.2, 0.25) is 0 Å². The Balaban J connectivity index is 2.11. The van der Waals surface area contributed by atoms with E-state index < -0.39 is 0 Å². The Morgan fingerprint density at radius 2 is 2.13 bits per heavy atom. The molecule has 0 bridgehead atoms. The van der Waals surface area contributed by atoms with Gasteiger partial charge in [0.2, 0.25) is 0 Å². The number of amidine groups is 1. The van der Waals surface area contributed by atoms with Gasteiger partial charge >= 0.3 is 108 Å². The maximum absolute atomic E-state index is 4.65. The molecule has 1 fully saturated rings. The molecule has 0 amide bonds. The number of nitrogens with zero attached hydrogens (tertiary/aromatic N) is 3. The van der Waals surface area contributed by atoms with Gasteiger partial charge in [0.05, 0.1) is 0 Å². The third kappa shape index (κ3) is 2.79. The van der Waals surface area contributed by atoms with Gasteiger partial charge in [0.15, 0.2) is 0 Å². The molecule has 0 saturated carbocycles.